The van der Waals surface area contributed by atoms with Gasteiger partial charge < -0.3 is 14.5 Å². The van der Waals surface area contributed by atoms with Crippen molar-refractivity contribution >= 4 is 5.91 Å². The number of amides is 1. The molecule has 0 unspecified atom stereocenters. The van der Waals surface area contributed by atoms with E-state index in [0.717, 1.165) is 32.5 Å². The predicted octanol–water partition coefficient (Wildman–Crippen LogP) is 1.36. The molecule has 4 nitrogen and oxygen atoms in total. The van der Waals surface area contributed by atoms with E-state index in [4.69, 9.17) is 4.74 Å². The first-order valence-corrected chi connectivity index (χ1v) is 7.16. The highest BCUT2D eigenvalue weighted by Gasteiger charge is 2.44. The zero-order valence-electron chi connectivity index (χ0n) is 11.9. The van der Waals surface area contributed by atoms with E-state index in [1.54, 1.807) is 0 Å². The number of piperidine rings is 1. The van der Waals surface area contributed by atoms with Gasteiger partial charge in [-0.2, -0.15) is 0 Å². The summed E-state index contributed by atoms with van der Waals surface area (Å²) in [5.74, 6) is 0.158. The Kier molecular flexibility index (Phi) is 4.28. The molecule has 2 fully saturated rings. The summed E-state index contributed by atoms with van der Waals surface area (Å²) in [6, 6.07) is 0. The molecule has 2 aliphatic heterocycles. The third-order valence-electron chi connectivity index (χ3n) is 4.28. The molecule has 0 N–H and O–H groups in total. The summed E-state index contributed by atoms with van der Waals surface area (Å²) in [5, 5.41) is 0. The van der Waals surface area contributed by atoms with Gasteiger partial charge in [-0.25, -0.2) is 0 Å². The zero-order chi connectivity index (χ0) is 13.2. The summed E-state index contributed by atoms with van der Waals surface area (Å²) in [4.78, 5) is 16.4. The molecule has 0 aromatic rings. The summed E-state index contributed by atoms with van der Waals surface area (Å²) < 4.78 is 5.38. The summed E-state index contributed by atoms with van der Waals surface area (Å²) in [6.45, 7) is 11.8. The van der Waals surface area contributed by atoms with Crippen LogP contribution in [0.4, 0.5) is 0 Å². The van der Waals surface area contributed by atoms with Crippen LogP contribution in [0, 0.1) is 5.41 Å². The molecule has 0 bridgehead atoms. The van der Waals surface area contributed by atoms with Crippen LogP contribution in [0.1, 0.15) is 33.6 Å². The molecule has 0 atom stereocenters. The van der Waals surface area contributed by atoms with E-state index in [0.29, 0.717) is 5.41 Å². The molecular weight excluding hydrogens is 228 g/mol. The minimum Gasteiger partial charge on any atom is -0.369 e. The first-order chi connectivity index (χ1) is 8.54. The number of ether oxygens (including phenoxy) is 1. The Labute approximate surface area is 110 Å². The van der Waals surface area contributed by atoms with E-state index >= 15 is 0 Å². The Hall–Kier alpha value is -0.610. The van der Waals surface area contributed by atoms with Crippen LogP contribution in [-0.4, -0.2) is 61.1 Å². The Morgan fingerprint density at radius 3 is 2.39 bits per heavy atom. The average Bonchev–Trinajstić information content (AvgIpc) is 2.33. The number of likely N-dealkylation sites (tertiary alicyclic amines) is 2. The van der Waals surface area contributed by atoms with Crippen molar-refractivity contribution in [2.24, 2.45) is 5.41 Å². The van der Waals surface area contributed by atoms with E-state index in [1.807, 2.05) is 18.7 Å². The largest absolute Gasteiger partial charge is 0.369 e. The van der Waals surface area contributed by atoms with Crippen molar-refractivity contribution in [1.29, 1.82) is 0 Å². The molecule has 0 aromatic carbocycles. The molecule has 0 aliphatic carbocycles. The first kappa shape index (κ1) is 13.8. The van der Waals surface area contributed by atoms with Gasteiger partial charge in [-0.15, -0.1) is 0 Å². The highest BCUT2D eigenvalue weighted by molar-refractivity contribution is 5.77. The fraction of sp³-hybridized carbons (Fsp3) is 0.929. The van der Waals surface area contributed by atoms with Crippen molar-refractivity contribution in [2.75, 3.05) is 39.3 Å². The van der Waals surface area contributed by atoms with Crippen LogP contribution in [0.3, 0.4) is 0 Å². The number of hydrogen-bond donors (Lipinski definition) is 0. The topological polar surface area (TPSA) is 32.8 Å². The van der Waals surface area contributed by atoms with Crippen molar-refractivity contribution in [2.45, 2.75) is 39.7 Å². The Bertz CT molecular complexity index is 288. The number of rotatable bonds is 4. The van der Waals surface area contributed by atoms with Crippen LogP contribution in [0.15, 0.2) is 0 Å². The van der Waals surface area contributed by atoms with Gasteiger partial charge in [-0.05, 0) is 38.6 Å². The van der Waals surface area contributed by atoms with Gasteiger partial charge in [0, 0.05) is 26.2 Å². The average molecular weight is 254 g/mol. The molecule has 104 valence electrons. The van der Waals surface area contributed by atoms with Crippen LogP contribution in [0.2, 0.25) is 0 Å². The van der Waals surface area contributed by atoms with E-state index < -0.39 is 0 Å². The van der Waals surface area contributed by atoms with Crippen molar-refractivity contribution in [3.8, 4) is 0 Å². The molecule has 2 rings (SSSR count). The van der Waals surface area contributed by atoms with E-state index in [2.05, 4.69) is 11.8 Å². The quantitative estimate of drug-likeness (QED) is 0.759. The number of carbonyl (C=O) groups excluding carboxylic acids is 1. The lowest BCUT2D eigenvalue weighted by Crippen LogP contribution is -2.60. The molecule has 2 heterocycles. The summed E-state index contributed by atoms with van der Waals surface area (Å²) >= 11 is 0. The summed E-state index contributed by atoms with van der Waals surface area (Å²) in [5.41, 5.74) is 0.520. The van der Waals surface area contributed by atoms with E-state index in [-0.39, 0.29) is 18.6 Å². The highest BCUT2D eigenvalue weighted by atomic mass is 16.5. The normalized spacial score (nSPS) is 23.4. The lowest BCUT2D eigenvalue weighted by atomic mass is 9.72. The zero-order valence-corrected chi connectivity index (χ0v) is 11.9. The maximum Gasteiger partial charge on any atom is 0.248 e. The molecular formula is C14H26N2O2. The molecule has 4 heteroatoms. The van der Waals surface area contributed by atoms with Gasteiger partial charge in [0.2, 0.25) is 5.91 Å². The molecule has 2 saturated heterocycles. The molecule has 1 amide bonds. The van der Waals surface area contributed by atoms with Crippen LogP contribution in [-0.2, 0) is 9.53 Å². The molecule has 2 aliphatic rings. The second-order valence-electron chi connectivity index (χ2n) is 6.04. The minimum atomic E-state index is 0.134. The summed E-state index contributed by atoms with van der Waals surface area (Å²) in [6.07, 6.45) is 2.46. The highest BCUT2D eigenvalue weighted by Crippen LogP contribution is 2.40. The van der Waals surface area contributed by atoms with Gasteiger partial charge in [0.1, 0.15) is 6.61 Å². The second kappa shape index (κ2) is 5.57. The number of carbonyl (C=O) groups is 1. The van der Waals surface area contributed by atoms with Gasteiger partial charge in [0.15, 0.2) is 0 Å². The molecule has 1 spiro atoms. The number of hydrogen-bond acceptors (Lipinski definition) is 3. The third-order valence-corrected chi connectivity index (χ3v) is 4.28. The molecule has 0 aromatic heterocycles. The smallest absolute Gasteiger partial charge is 0.248 e. The predicted molar refractivity (Wildman–Crippen MR) is 71.4 cm³/mol. The summed E-state index contributed by atoms with van der Waals surface area (Å²) in [7, 11) is 0. The third kappa shape index (κ3) is 3.04. The van der Waals surface area contributed by atoms with Crippen molar-refractivity contribution in [3.05, 3.63) is 0 Å². The maximum atomic E-state index is 11.9. The maximum absolute atomic E-state index is 11.9. The molecule has 0 saturated carbocycles. The standard InChI is InChI=1S/C14H26N2O2/c1-4-15-10-14(11-15)5-7-16(8-6-14)13(17)9-18-12(2)3/h12H,4-11H2,1-3H3. The van der Waals surface area contributed by atoms with E-state index in [9.17, 15) is 4.79 Å². The Morgan fingerprint density at radius 2 is 1.89 bits per heavy atom. The van der Waals surface area contributed by atoms with Crippen LogP contribution in [0.5, 0.6) is 0 Å². The monoisotopic (exact) mass is 254 g/mol. The van der Waals surface area contributed by atoms with Crippen LogP contribution < -0.4 is 0 Å². The SMILES string of the molecule is CCN1CC2(CCN(C(=O)COC(C)C)CC2)C1. The fourth-order valence-electron chi connectivity index (χ4n) is 3.00. The fourth-order valence-corrected chi connectivity index (χ4v) is 3.00. The lowest BCUT2D eigenvalue weighted by Gasteiger charge is -2.54. The Balaban J connectivity index is 1.72. The second-order valence-corrected chi connectivity index (χ2v) is 6.04. The molecule has 0 radical (unpaired) electrons. The molecule has 18 heavy (non-hydrogen) atoms. The Morgan fingerprint density at radius 1 is 1.28 bits per heavy atom. The van der Waals surface area contributed by atoms with Gasteiger partial charge in [0.05, 0.1) is 6.10 Å². The van der Waals surface area contributed by atoms with Crippen molar-refractivity contribution < 1.29 is 9.53 Å². The van der Waals surface area contributed by atoms with Crippen molar-refractivity contribution in [3.63, 3.8) is 0 Å². The lowest BCUT2D eigenvalue weighted by molar-refractivity contribution is -0.142. The van der Waals surface area contributed by atoms with Crippen LogP contribution in [0.25, 0.3) is 0 Å². The van der Waals surface area contributed by atoms with Gasteiger partial charge >= 0.3 is 0 Å². The van der Waals surface area contributed by atoms with Gasteiger partial charge in [-0.3, -0.25) is 4.79 Å². The van der Waals surface area contributed by atoms with Crippen LogP contribution >= 0.6 is 0 Å². The minimum absolute atomic E-state index is 0.134. The first-order valence-electron chi connectivity index (χ1n) is 7.16. The van der Waals surface area contributed by atoms with Crippen molar-refractivity contribution in [1.82, 2.24) is 9.80 Å². The number of nitrogens with zero attached hydrogens (tertiary/aromatic N) is 2. The van der Waals surface area contributed by atoms with Gasteiger partial charge in [0.25, 0.3) is 0 Å². The van der Waals surface area contributed by atoms with E-state index in [1.165, 1.54) is 13.1 Å². The van der Waals surface area contributed by atoms with Gasteiger partial charge in [-0.1, -0.05) is 6.92 Å².